The van der Waals surface area contributed by atoms with Gasteiger partial charge in [0.15, 0.2) is 5.16 Å². The number of thioether (sulfide) groups is 1. The van der Waals surface area contributed by atoms with Crippen LogP contribution in [0.15, 0.2) is 34.2 Å². The minimum Gasteiger partial charge on any atom is -0.467 e. The Balaban J connectivity index is 2.23. The molecule has 0 spiro atoms. The summed E-state index contributed by atoms with van der Waals surface area (Å²) < 4.78 is 6.43. The number of carbonyl (C=O) groups is 2. The summed E-state index contributed by atoms with van der Waals surface area (Å²) in [6.45, 7) is 7.90. The molecule has 0 radical (unpaired) electrons. The highest BCUT2D eigenvalue weighted by Crippen LogP contribution is 2.22. The van der Waals surface area contributed by atoms with Crippen LogP contribution in [0.4, 0.5) is 0 Å². The Morgan fingerprint density at radius 2 is 1.93 bits per heavy atom. The molecule has 0 aliphatic carbocycles. The van der Waals surface area contributed by atoms with Crippen LogP contribution in [0.1, 0.15) is 46.6 Å². The van der Waals surface area contributed by atoms with E-state index < -0.39 is 12.0 Å². The molecule has 0 bridgehead atoms. The van der Waals surface area contributed by atoms with Gasteiger partial charge in [-0.1, -0.05) is 44.7 Å². The average Bonchev–Trinajstić information content (AvgIpc) is 2.70. The summed E-state index contributed by atoms with van der Waals surface area (Å²) in [6, 6.07) is 6.46. The highest BCUT2D eigenvalue weighted by Gasteiger charge is 2.23. The first kappa shape index (κ1) is 22.9. The number of para-hydroxylation sites is 1. The van der Waals surface area contributed by atoms with Crippen LogP contribution in [-0.2, 0) is 14.3 Å². The van der Waals surface area contributed by atoms with Crippen molar-refractivity contribution < 1.29 is 14.3 Å². The third-order valence-corrected chi connectivity index (χ3v) is 5.62. The number of nitrogens with one attached hydrogen (secondary N) is 1. The standard InChI is InChI=1S/C21H29N3O4S/c1-6-14(4)24-19(26)15-9-7-8-10-16(15)23-21(24)29-12-18(25)22-17(11-13(2)3)20(27)28-5/h7-10,13-14,17H,6,11-12H2,1-5H3,(H,22,25)/t14-,17+/m1/s1. The van der Waals surface area contributed by atoms with Crippen LogP contribution in [0, 0.1) is 5.92 Å². The normalized spacial score (nSPS) is 13.3. The Kier molecular flexibility index (Phi) is 8.25. The minimum absolute atomic E-state index is 0.0473. The van der Waals surface area contributed by atoms with Gasteiger partial charge in [0.2, 0.25) is 5.91 Å². The second-order valence-corrected chi connectivity index (χ2v) is 8.35. The second kappa shape index (κ2) is 10.4. The molecule has 0 saturated carbocycles. The molecule has 158 valence electrons. The smallest absolute Gasteiger partial charge is 0.328 e. The fraction of sp³-hybridized carbons (Fsp3) is 0.524. The topological polar surface area (TPSA) is 90.3 Å². The lowest BCUT2D eigenvalue weighted by Crippen LogP contribution is -2.43. The van der Waals surface area contributed by atoms with Crippen molar-refractivity contribution in [3.8, 4) is 0 Å². The van der Waals surface area contributed by atoms with Gasteiger partial charge >= 0.3 is 5.97 Å². The van der Waals surface area contributed by atoms with Crippen molar-refractivity contribution in [1.82, 2.24) is 14.9 Å². The van der Waals surface area contributed by atoms with E-state index in [0.717, 1.165) is 6.42 Å². The van der Waals surface area contributed by atoms with Gasteiger partial charge in [-0.25, -0.2) is 9.78 Å². The first-order chi connectivity index (χ1) is 13.8. The summed E-state index contributed by atoms with van der Waals surface area (Å²) in [5.41, 5.74) is 0.493. The van der Waals surface area contributed by atoms with Crippen molar-refractivity contribution in [1.29, 1.82) is 0 Å². The van der Waals surface area contributed by atoms with Crippen LogP contribution in [0.25, 0.3) is 10.9 Å². The van der Waals surface area contributed by atoms with Gasteiger partial charge in [0, 0.05) is 6.04 Å². The van der Waals surface area contributed by atoms with Crippen molar-refractivity contribution in [2.24, 2.45) is 5.92 Å². The maximum atomic E-state index is 13.0. The number of ether oxygens (including phenoxy) is 1. The summed E-state index contributed by atoms with van der Waals surface area (Å²) in [7, 11) is 1.31. The Morgan fingerprint density at radius 3 is 2.55 bits per heavy atom. The number of aromatic nitrogens is 2. The SMILES string of the molecule is CC[C@@H](C)n1c(SCC(=O)N[C@@H](CC(C)C)C(=O)OC)nc2ccccc2c1=O. The van der Waals surface area contributed by atoms with Gasteiger partial charge in [0.1, 0.15) is 6.04 Å². The van der Waals surface area contributed by atoms with Gasteiger partial charge in [-0.15, -0.1) is 0 Å². The number of esters is 1. The third-order valence-electron chi connectivity index (χ3n) is 4.67. The van der Waals surface area contributed by atoms with Crippen molar-refractivity contribution in [3.05, 3.63) is 34.6 Å². The van der Waals surface area contributed by atoms with Crippen LogP contribution in [0.2, 0.25) is 0 Å². The van der Waals surface area contributed by atoms with Gasteiger partial charge in [0.05, 0.1) is 23.8 Å². The van der Waals surface area contributed by atoms with Gasteiger partial charge in [0.25, 0.3) is 5.56 Å². The molecule has 8 heteroatoms. The zero-order valence-electron chi connectivity index (χ0n) is 17.6. The summed E-state index contributed by atoms with van der Waals surface area (Å²) in [6.07, 6.45) is 1.26. The molecular formula is C21H29N3O4S. The number of methoxy groups -OCH3 is 1. The number of amides is 1. The molecular weight excluding hydrogens is 390 g/mol. The number of benzene rings is 1. The van der Waals surface area contributed by atoms with Crippen LogP contribution in [0.3, 0.4) is 0 Å². The lowest BCUT2D eigenvalue weighted by molar-refractivity contribution is -0.145. The summed E-state index contributed by atoms with van der Waals surface area (Å²) in [4.78, 5) is 42.0. The maximum Gasteiger partial charge on any atom is 0.328 e. The lowest BCUT2D eigenvalue weighted by Gasteiger charge is -2.20. The van der Waals surface area contributed by atoms with E-state index in [2.05, 4.69) is 10.3 Å². The number of fused-ring (bicyclic) bond motifs is 1. The van der Waals surface area contributed by atoms with Gasteiger partial charge in [-0.3, -0.25) is 14.2 Å². The van der Waals surface area contributed by atoms with Gasteiger partial charge < -0.3 is 10.1 Å². The number of carbonyl (C=O) groups excluding carboxylic acids is 2. The van der Waals surface area contributed by atoms with E-state index in [-0.39, 0.29) is 29.2 Å². The van der Waals surface area contributed by atoms with Crippen LogP contribution < -0.4 is 10.9 Å². The zero-order valence-corrected chi connectivity index (χ0v) is 18.4. The first-order valence-corrected chi connectivity index (χ1v) is 10.8. The molecule has 0 fully saturated rings. The predicted molar refractivity (Wildman–Crippen MR) is 115 cm³/mol. The molecule has 1 aromatic carbocycles. The Morgan fingerprint density at radius 1 is 1.24 bits per heavy atom. The van der Waals surface area contributed by atoms with Gasteiger partial charge in [-0.05, 0) is 37.8 Å². The Labute approximate surface area is 175 Å². The fourth-order valence-corrected chi connectivity index (χ4v) is 3.90. The molecule has 2 atom stereocenters. The number of nitrogens with zero attached hydrogens (tertiary/aromatic N) is 2. The molecule has 29 heavy (non-hydrogen) atoms. The van der Waals surface area contributed by atoms with Crippen molar-refractivity contribution in [2.75, 3.05) is 12.9 Å². The van der Waals surface area contributed by atoms with Crippen molar-refractivity contribution in [2.45, 2.75) is 57.8 Å². The molecule has 2 aromatic rings. The van der Waals surface area contributed by atoms with E-state index in [1.165, 1.54) is 18.9 Å². The molecule has 0 unspecified atom stereocenters. The molecule has 0 saturated heterocycles. The average molecular weight is 420 g/mol. The van der Waals surface area contributed by atoms with Crippen LogP contribution in [0.5, 0.6) is 0 Å². The number of hydrogen-bond acceptors (Lipinski definition) is 6. The quantitative estimate of drug-likeness (QED) is 0.381. The molecule has 0 aliphatic rings. The lowest BCUT2D eigenvalue weighted by atomic mass is 10.0. The van der Waals surface area contributed by atoms with E-state index in [1.54, 1.807) is 16.7 Å². The molecule has 1 heterocycles. The monoisotopic (exact) mass is 419 g/mol. The molecule has 1 aromatic heterocycles. The van der Waals surface area contributed by atoms with Gasteiger partial charge in [-0.2, -0.15) is 0 Å². The maximum absolute atomic E-state index is 13.0. The van der Waals surface area contributed by atoms with Crippen molar-refractivity contribution in [3.63, 3.8) is 0 Å². The largest absolute Gasteiger partial charge is 0.467 e. The number of hydrogen-bond donors (Lipinski definition) is 1. The van der Waals surface area contributed by atoms with E-state index in [1.807, 2.05) is 39.8 Å². The third kappa shape index (κ3) is 5.82. The van der Waals surface area contributed by atoms with E-state index in [9.17, 15) is 14.4 Å². The highest BCUT2D eigenvalue weighted by atomic mass is 32.2. The van der Waals surface area contributed by atoms with E-state index in [0.29, 0.717) is 22.5 Å². The minimum atomic E-state index is -0.686. The number of rotatable bonds is 9. The summed E-state index contributed by atoms with van der Waals surface area (Å²) >= 11 is 1.20. The molecule has 2 rings (SSSR count). The van der Waals surface area contributed by atoms with Crippen molar-refractivity contribution >= 4 is 34.5 Å². The van der Waals surface area contributed by atoms with Crippen LogP contribution >= 0.6 is 11.8 Å². The first-order valence-electron chi connectivity index (χ1n) is 9.79. The fourth-order valence-electron chi connectivity index (χ4n) is 2.99. The Bertz CT molecular complexity index is 926. The van der Waals surface area contributed by atoms with E-state index >= 15 is 0 Å². The molecule has 1 amide bonds. The molecule has 7 nitrogen and oxygen atoms in total. The summed E-state index contributed by atoms with van der Waals surface area (Å²) in [5, 5.41) is 3.79. The van der Waals surface area contributed by atoms with Crippen LogP contribution in [-0.4, -0.2) is 40.3 Å². The second-order valence-electron chi connectivity index (χ2n) is 7.41. The predicted octanol–water partition coefficient (Wildman–Crippen LogP) is 3.16. The summed E-state index contributed by atoms with van der Waals surface area (Å²) in [5.74, 6) is -0.487. The zero-order chi connectivity index (χ0) is 21.6. The molecule has 1 N–H and O–H groups in total. The molecule has 0 aliphatic heterocycles. The van der Waals surface area contributed by atoms with E-state index in [4.69, 9.17) is 4.74 Å². The highest BCUT2D eigenvalue weighted by molar-refractivity contribution is 7.99. The Hall–Kier alpha value is -2.35.